The summed E-state index contributed by atoms with van der Waals surface area (Å²) < 4.78 is 5.50. The number of hydrogen-bond acceptors (Lipinski definition) is 7. The number of anilines is 1. The highest BCUT2D eigenvalue weighted by Crippen LogP contribution is 2.25. The van der Waals surface area contributed by atoms with Crippen molar-refractivity contribution in [3.63, 3.8) is 0 Å². The predicted octanol–water partition coefficient (Wildman–Crippen LogP) is 1.71. The Morgan fingerprint density at radius 3 is 2.78 bits per heavy atom. The molecule has 3 N–H and O–H groups in total. The first-order valence-electron chi connectivity index (χ1n) is 9.17. The van der Waals surface area contributed by atoms with Gasteiger partial charge in [-0.05, 0) is 31.0 Å². The minimum atomic E-state index is -0.501. The molecule has 1 atom stereocenters. The Kier molecular flexibility index (Phi) is 6.65. The van der Waals surface area contributed by atoms with Gasteiger partial charge in [0.25, 0.3) is 5.91 Å². The largest absolute Gasteiger partial charge is 0.494 e. The van der Waals surface area contributed by atoms with Gasteiger partial charge in [-0.25, -0.2) is 4.98 Å². The average molecular weight is 391 g/mol. The lowest BCUT2D eigenvalue weighted by Crippen LogP contribution is -2.53. The molecule has 27 heavy (non-hydrogen) atoms. The number of nitrogens with two attached hydrogens (primary N) is 1. The molecule has 0 spiro atoms. The van der Waals surface area contributed by atoms with Crippen LogP contribution in [0, 0.1) is 0 Å². The van der Waals surface area contributed by atoms with Gasteiger partial charge in [0.1, 0.15) is 11.4 Å². The van der Waals surface area contributed by atoms with Crippen LogP contribution in [0.15, 0.2) is 29.6 Å². The van der Waals surface area contributed by atoms with E-state index in [0.29, 0.717) is 18.7 Å². The lowest BCUT2D eigenvalue weighted by atomic mass is 10.1. The number of nitrogens with zero attached hydrogens (tertiary/aromatic N) is 3. The van der Waals surface area contributed by atoms with E-state index in [9.17, 15) is 9.90 Å². The van der Waals surface area contributed by atoms with Gasteiger partial charge in [-0.1, -0.05) is 12.1 Å². The van der Waals surface area contributed by atoms with Gasteiger partial charge in [0.2, 0.25) is 0 Å². The van der Waals surface area contributed by atoms with Crippen molar-refractivity contribution in [1.29, 1.82) is 0 Å². The van der Waals surface area contributed by atoms with Crippen LogP contribution in [0.1, 0.15) is 29.4 Å². The molecular formula is C19H26N4O3S. The SMILES string of the molecule is CCOc1ccc(CN2CCN(c3nc(C(N)=O)cs3)CC2CCO)cc1. The molecule has 146 valence electrons. The summed E-state index contributed by atoms with van der Waals surface area (Å²) in [5.41, 5.74) is 6.84. The van der Waals surface area contributed by atoms with Crippen LogP contribution in [-0.4, -0.2) is 59.8 Å². The summed E-state index contributed by atoms with van der Waals surface area (Å²) in [6, 6.07) is 8.39. The molecule has 2 heterocycles. The molecule has 1 aliphatic heterocycles. The Hall–Kier alpha value is -2.16. The number of ether oxygens (including phenoxy) is 1. The molecule has 0 saturated carbocycles. The fourth-order valence-corrected chi connectivity index (χ4v) is 4.16. The lowest BCUT2D eigenvalue weighted by Gasteiger charge is -2.41. The van der Waals surface area contributed by atoms with Crippen LogP contribution in [0.3, 0.4) is 0 Å². The number of hydrogen-bond donors (Lipinski definition) is 2. The second-order valence-corrected chi connectivity index (χ2v) is 7.38. The van der Waals surface area contributed by atoms with E-state index in [-0.39, 0.29) is 12.6 Å². The molecule has 1 amide bonds. The quantitative estimate of drug-likeness (QED) is 0.713. The number of primary amides is 1. The van der Waals surface area contributed by atoms with E-state index in [0.717, 1.165) is 37.1 Å². The van der Waals surface area contributed by atoms with Gasteiger partial charge in [-0.3, -0.25) is 9.69 Å². The third-order valence-corrected chi connectivity index (χ3v) is 5.60. The number of aliphatic hydroxyl groups excluding tert-OH is 1. The minimum Gasteiger partial charge on any atom is -0.494 e. The molecule has 8 heteroatoms. The van der Waals surface area contributed by atoms with Crippen molar-refractivity contribution in [3.05, 3.63) is 40.9 Å². The molecule has 2 aromatic rings. The lowest BCUT2D eigenvalue weighted by molar-refractivity contribution is 0.0996. The number of amides is 1. The smallest absolute Gasteiger partial charge is 0.268 e. The monoisotopic (exact) mass is 390 g/mol. The van der Waals surface area contributed by atoms with Crippen LogP contribution in [-0.2, 0) is 6.54 Å². The summed E-state index contributed by atoms with van der Waals surface area (Å²) in [5.74, 6) is 0.380. The Balaban J connectivity index is 1.65. The van der Waals surface area contributed by atoms with Crippen molar-refractivity contribution < 1.29 is 14.6 Å². The second-order valence-electron chi connectivity index (χ2n) is 6.54. The molecule has 3 rings (SSSR count). The molecular weight excluding hydrogens is 364 g/mol. The second kappa shape index (κ2) is 9.16. The van der Waals surface area contributed by atoms with E-state index in [4.69, 9.17) is 10.5 Å². The summed E-state index contributed by atoms with van der Waals surface area (Å²) in [6.07, 6.45) is 0.696. The zero-order chi connectivity index (χ0) is 19.2. The predicted molar refractivity (Wildman–Crippen MR) is 106 cm³/mol. The van der Waals surface area contributed by atoms with Crippen LogP contribution >= 0.6 is 11.3 Å². The topological polar surface area (TPSA) is 91.9 Å². The average Bonchev–Trinajstić information content (AvgIpc) is 3.16. The van der Waals surface area contributed by atoms with Crippen molar-refractivity contribution in [1.82, 2.24) is 9.88 Å². The molecule has 1 aromatic carbocycles. The van der Waals surface area contributed by atoms with E-state index in [1.54, 1.807) is 5.38 Å². The van der Waals surface area contributed by atoms with Crippen molar-refractivity contribution in [2.45, 2.75) is 25.9 Å². The zero-order valence-corrected chi connectivity index (χ0v) is 16.3. The van der Waals surface area contributed by atoms with Crippen LogP contribution in [0.5, 0.6) is 5.75 Å². The number of aliphatic hydroxyl groups is 1. The third kappa shape index (κ3) is 4.97. The van der Waals surface area contributed by atoms with Gasteiger partial charge in [0.15, 0.2) is 5.13 Å². The van der Waals surface area contributed by atoms with Crippen molar-refractivity contribution >= 4 is 22.4 Å². The van der Waals surface area contributed by atoms with E-state index < -0.39 is 5.91 Å². The first kappa shape index (κ1) is 19.6. The van der Waals surface area contributed by atoms with E-state index in [2.05, 4.69) is 26.9 Å². The van der Waals surface area contributed by atoms with Gasteiger partial charge < -0.3 is 20.5 Å². The highest BCUT2D eigenvalue weighted by molar-refractivity contribution is 7.13. The van der Waals surface area contributed by atoms with E-state index in [1.807, 2.05) is 19.1 Å². The molecule has 0 aliphatic carbocycles. The molecule has 1 aromatic heterocycles. The maximum atomic E-state index is 11.3. The first-order chi connectivity index (χ1) is 13.1. The number of rotatable bonds is 8. The van der Waals surface area contributed by atoms with E-state index >= 15 is 0 Å². The van der Waals surface area contributed by atoms with Gasteiger partial charge in [0.05, 0.1) is 6.61 Å². The summed E-state index contributed by atoms with van der Waals surface area (Å²) >= 11 is 1.43. The number of thiazole rings is 1. The zero-order valence-electron chi connectivity index (χ0n) is 15.5. The Morgan fingerprint density at radius 1 is 1.37 bits per heavy atom. The van der Waals surface area contributed by atoms with Crippen molar-refractivity contribution in [3.8, 4) is 5.75 Å². The van der Waals surface area contributed by atoms with Gasteiger partial charge in [-0.2, -0.15) is 0 Å². The van der Waals surface area contributed by atoms with E-state index in [1.165, 1.54) is 16.9 Å². The highest BCUT2D eigenvalue weighted by atomic mass is 32.1. The first-order valence-corrected chi connectivity index (χ1v) is 10.1. The fourth-order valence-electron chi connectivity index (χ4n) is 3.31. The van der Waals surface area contributed by atoms with Crippen LogP contribution < -0.4 is 15.4 Å². The van der Waals surface area contributed by atoms with Crippen molar-refractivity contribution in [2.75, 3.05) is 37.7 Å². The normalized spacial score (nSPS) is 17.9. The number of piperazine rings is 1. The third-order valence-electron chi connectivity index (χ3n) is 4.70. The molecule has 1 unspecified atom stereocenters. The van der Waals surface area contributed by atoms with Gasteiger partial charge in [-0.15, -0.1) is 11.3 Å². The number of aromatic nitrogens is 1. The van der Waals surface area contributed by atoms with Crippen LogP contribution in [0.4, 0.5) is 5.13 Å². The molecule has 0 radical (unpaired) electrons. The van der Waals surface area contributed by atoms with Crippen LogP contribution in [0.2, 0.25) is 0 Å². The number of carbonyl (C=O) groups is 1. The Labute approximate surface area is 163 Å². The summed E-state index contributed by atoms with van der Waals surface area (Å²) in [5, 5.41) is 12.0. The Bertz CT molecular complexity index is 750. The summed E-state index contributed by atoms with van der Waals surface area (Å²) in [4.78, 5) is 20.2. The number of benzene rings is 1. The molecule has 7 nitrogen and oxygen atoms in total. The minimum absolute atomic E-state index is 0.142. The fraction of sp³-hybridized carbons (Fsp3) is 0.474. The maximum Gasteiger partial charge on any atom is 0.268 e. The molecule has 1 aliphatic rings. The maximum absolute atomic E-state index is 11.3. The standard InChI is InChI=1S/C19H26N4O3S/c1-2-26-16-5-3-14(4-6-16)11-22-8-9-23(12-15(22)7-10-24)19-21-17(13-27-19)18(20)25/h3-6,13,15,24H,2,7-12H2,1H3,(H2,20,25). The van der Waals surface area contributed by atoms with Gasteiger partial charge in [0, 0.05) is 44.2 Å². The van der Waals surface area contributed by atoms with Crippen molar-refractivity contribution in [2.24, 2.45) is 5.73 Å². The van der Waals surface area contributed by atoms with Crippen LogP contribution in [0.25, 0.3) is 0 Å². The number of carbonyl (C=O) groups excluding carboxylic acids is 1. The summed E-state index contributed by atoms with van der Waals surface area (Å²) in [6.45, 7) is 6.06. The Morgan fingerprint density at radius 2 is 2.15 bits per heavy atom. The van der Waals surface area contributed by atoms with Gasteiger partial charge >= 0.3 is 0 Å². The molecule has 1 fully saturated rings. The summed E-state index contributed by atoms with van der Waals surface area (Å²) in [7, 11) is 0. The molecule has 1 saturated heterocycles. The highest BCUT2D eigenvalue weighted by Gasteiger charge is 2.28. The molecule has 0 bridgehead atoms.